The number of hydrogen-bond donors (Lipinski definition) is 2. The molecule has 1 fully saturated rings. The predicted octanol–water partition coefficient (Wildman–Crippen LogP) is -1.23. The molecule has 0 aromatic carbocycles. The molecule has 1 saturated heterocycles. The average Bonchev–Trinajstić information content (AvgIpc) is 2.70. The fourth-order valence-corrected chi connectivity index (χ4v) is 1.41. The van der Waals surface area contributed by atoms with Gasteiger partial charge in [0.25, 0.3) is 17.8 Å². The number of carboxylic acids is 1. The Balaban J connectivity index is 0.000000357. The molecule has 0 radical (unpaired) electrons. The highest BCUT2D eigenvalue weighted by molar-refractivity contribution is 6.20. The molecule has 2 N–H and O–H groups in total. The van der Waals surface area contributed by atoms with Gasteiger partial charge in [-0.1, -0.05) is 0 Å². The normalized spacial score (nSPS) is 18.3. The van der Waals surface area contributed by atoms with Crippen molar-refractivity contribution in [3.63, 3.8) is 0 Å². The number of carboxylic acid groups (broad SMARTS) is 1. The molecule has 8 heteroatoms. The zero-order valence-electron chi connectivity index (χ0n) is 9.43. The molecule has 0 bridgehead atoms. The molecule has 4 amide bonds. The van der Waals surface area contributed by atoms with Crippen molar-refractivity contribution in [3.05, 3.63) is 11.8 Å². The van der Waals surface area contributed by atoms with Crippen molar-refractivity contribution in [2.24, 2.45) is 0 Å². The third-order valence-electron chi connectivity index (χ3n) is 2.03. The molecule has 0 aromatic heterocycles. The Hall–Kier alpha value is -2.51. The van der Waals surface area contributed by atoms with E-state index in [4.69, 9.17) is 9.90 Å². The first-order valence-electron chi connectivity index (χ1n) is 4.95. The molecule has 8 nitrogen and oxygen atoms in total. The molecule has 0 aromatic rings. The van der Waals surface area contributed by atoms with Gasteiger partial charge in [-0.05, 0) is 0 Å². The number of carbonyl (C=O) groups excluding carboxylic acids is 4. The van der Waals surface area contributed by atoms with Crippen LogP contribution < -0.4 is 5.32 Å². The Morgan fingerprint density at radius 2 is 1.67 bits per heavy atom. The Kier molecular flexibility index (Phi) is 3.93. The van der Waals surface area contributed by atoms with Crippen LogP contribution in [0.3, 0.4) is 0 Å². The lowest BCUT2D eigenvalue weighted by Crippen LogP contribution is -2.34. The van der Waals surface area contributed by atoms with Crippen LogP contribution in [0.2, 0.25) is 0 Å². The van der Waals surface area contributed by atoms with E-state index in [1.54, 1.807) is 0 Å². The molecule has 0 unspecified atom stereocenters. The molecule has 0 atom stereocenters. The first-order valence-corrected chi connectivity index (χ1v) is 4.95. The maximum absolute atomic E-state index is 11.2. The molecule has 18 heavy (non-hydrogen) atoms. The van der Waals surface area contributed by atoms with Crippen molar-refractivity contribution in [3.8, 4) is 0 Å². The second-order valence-electron chi connectivity index (χ2n) is 3.49. The second kappa shape index (κ2) is 5.21. The zero-order valence-corrected chi connectivity index (χ0v) is 9.43. The fraction of sp³-hybridized carbons (Fsp3) is 0.300. The summed E-state index contributed by atoms with van der Waals surface area (Å²) in [4.78, 5) is 54.1. The summed E-state index contributed by atoms with van der Waals surface area (Å²) in [5, 5.41) is 9.38. The summed E-state index contributed by atoms with van der Waals surface area (Å²) < 4.78 is 0. The van der Waals surface area contributed by atoms with Gasteiger partial charge in [-0.2, -0.15) is 0 Å². The van der Waals surface area contributed by atoms with Crippen molar-refractivity contribution < 1.29 is 29.1 Å². The minimum Gasteiger partial charge on any atom is -0.481 e. The maximum atomic E-state index is 11.2. The van der Waals surface area contributed by atoms with Crippen molar-refractivity contribution >= 4 is 29.6 Å². The molecule has 0 saturated carbocycles. The number of nitrogens with one attached hydrogen (secondary N) is 1. The van der Waals surface area contributed by atoms with Gasteiger partial charge in [0, 0.05) is 25.8 Å². The van der Waals surface area contributed by atoms with E-state index in [0.29, 0.717) is 0 Å². The van der Waals surface area contributed by atoms with E-state index < -0.39 is 29.6 Å². The molecule has 96 valence electrons. The Morgan fingerprint density at radius 3 is 2.00 bits per heavy atom. The van der Waals surface area contributed by atoms with Crippen molar-refractivity contribution in [2.75, 3.05) is 0 Å². The van der Waals surface area contributed by atoms with Crippen LogP contribution in [0.5, 0.6) is 0 Å². The molecular weight excluding hydrogens is 244 g/mol. The topological polar surface area (TPSA) is 121 Å². The number of likely N-dealkylation sites (tertiary alicyclic amines) is 1. The van der Waals surface area contributed by atoms with E-state index in [1.807, 2.05) is 5.32 Å². The third-order valence-corrected chi connectivity index (χ3v) is 2.03. The van der Waals surface area contributed by atoms with Gasteiger partial charge >= 0.3 is 0 Å². The summed E-state index contributed by atoms with van der Waals surface area (Å²) in [5.41, 5.74) is -0.164. The molecule has 2 aliphatic heterocycles. The van der Waals surface area contributed by atoms with Crippen LogP contribution in [0.1, 0.15) is 19.8 Å². The summed E-state index contributed by atoms with van der Waals surface area (Å²) in [5.74, 6) is -3.01. The molecule has 2 heterocycles. The summed E-state index contributed by atoms with van der Waals surface area (Å²) in [6, 6.07) is 0. The van der Waals surface area contributed by atoms with Crippen molar-refractivity contribution in [1.82, 2.24) is 10.2 Å². The van der Waals surface area contributed by atoms with Gasteiger partial charge in [-0.3, -0.25) is 29.3 Å². The summed E-state index contributed by atoms with van der Waals surface area (Å²) in [6.45, 7) is 1.08. The van der Waals surface area contributed by atoms with Crippen LogP contribution in [-0.2, 0) is 24.0 Å². The van der Waals surface area contributed by atoms with E-state index in [2.05, 4.69) is 0 Å². The van der Waals surface area contributed by atoms with E-state index >= 15 is 0 Å². The number of carbonyl (C=O) groups is 5. The lowest BCUT2D eigenvalue weighted by atomic mass is 10.4. The number of rotatable bonds is 1. The predicted molar refractivity (Wildman–Crippen MR) is 55.6 cm³/mol. The average molecular weight is 254 g/mol. The van der Waals surface area contributed by atoms with Crippen molar-refractivity contribution in [2.45, 2.75) is 19.8 Å². The maximum Gasteiger partial charge on any atom is 0.300 e. The number of amides is 4. The molecular formula is C10H10N2O6. The zero-order chi connectivity index (χ0) is 13.9. The van der Waals surface area contributed by atoms with Crippen LogP contribution in [0.4, 0.5) is 0 Å². The number of imide groups is 2. The highest BCUT2D eigenvalue weighted by atomic mass is 16.4. The van der Waals surface area contributed by atoms with Crippen LogP contribution in [-0.4, -0.2) is 39.6 Å². The highest BCUT2D eigenvalue weighted by Crippen LogP contribution is 2.19. The minimum atomic E-state index is -0.833. The summed E-state index contributed by atoms with van der Waals surface area (Å²) in [6.07, 6.45) is 1.15. The number of hydrogen-bond acceptors (Lipinski definition) is 5. The second-order valence-corrected chi connectivity index (χ2v) is 3.49. The Morgan fingerprint density at radius 1 is 1.22 bits per heavy atom. The first kappa shape index (κ1) is 13.6. The van der Waals surface area contributed by atoms with Gasteiger partial charge in [0.1, 0.15) is 5.70 Å². The smallest absolute Gasteiger partial charge is 0.300 e. The van der Waals surface area contributed by atoms with Gasteiger partial charge in [-0.25, -0.2) is 4.90 Å². The highest BCUT2D eigenvalue weighted by Gasteiger charge is 2.37. The van der Waals surface area contributed by atoms with Crippen molar-refractivity contribution in [1.29, 1.82) is 0 Å². The third kappa shape index (κ3) is 3.00. The Bertz CT molecular complexity index is 459. The first-order chi connectivity index (χ1) is 8.32. The van der Waals surface area contributed by atoms with E-state index in [1.165, 1.54) is 0 Å². The molecule has 2 aliphatic rings. The van der Waals surface area contributed by atoms with Gasteiger partial charge < -0.3 is 5.11 Å². The lowest BCUT2D eigenvalue weighted by Gasteiger charge is -2.11. The van der Waals surface area contributed by atoms with E-state index in [-0.39, 0.29) is 18.5 Å². The van der Waals surface area contributed by atoms with Crippen LogP contribution in [0.25, 0.3) is 0 Å². The van der Waals surface area contributed by atoms with Gasteiger partial charge in [0.05, 0.1) is 0 Å². The minimum absolute atomic E-state index is 0.0949. The molecule has 0 aliphatic carbocycles. The molecule has 0 spiro atoms. The standard InChI is InChI=1S/C8H6N2O4.C2H4O2/c11-5-3-4(8(14)9-5)10-6(12)1-2-7(10)13;1-2(3)4/h3H,1-2H2,(H,9,11,14);1H3,(H,3,4). The number of nitrogens with zero attached hydrogens (tertiary/aromatic N) is 1. The monoisotopic (exact) mass is 254 g/mol. The summed E-state index contributed by atoms with van der Waals surface area (Å²) >= 11 is 0. The number of aliphatic carboxylic acids is 1. The fourth-order valence-electron chi connectivity index (χ4n) is 1.41. The van der Waals surface area contributed by atoms with Crippen LogP contribution in [0.15, 0.2) is 11.8 Å². The van der Waals surface area contributed by atoms with Gasteiger partial charge in [-0.15, -0.1) is 0 Å². The van der Waals surface area contributed by atoms with Crippen LogP contribution >= 0.6 is 0 Å². The van der Waals surface area contributed by atoms with Gasteiger partial charge in [0.2, 0.25) is 11.8 Å². The summed E-state index contributed by atoms with van der Waals surface area (Å²) in [7, 11) is 0. The Labute approximate surface area is 101 Å². The largest absolute Gasteiger partial charge is 0.481 e. The quantitative estimate of drug-likeness (QED) is 0.565. The SMILES string of the molecule is CC(=O)O.O=C1C=C(N2C(=O)CCC2=O)C(=O)N1. The van der Waals surface area contributed by atoms with E-state index in [0.717, 1.165) is 17.9 Å². The molecule has 2 rings (SSSR count). The van der Waals surface area contributed by atoms with Gasteiger partial charge in [0.15, 0.2) is 0 Å². The van der Waals surface area contributed by atoms with Crippen LogP contribution in [0, 0.1) is 0 Å². The lowest BCUT2D eigenvalue weighted by molar-refractivity contribution is -0.139. The van der Waals surface area contributed by atoms with E-state index in [9.17, 15) is 19.2 Å².